The summed E-state index contributed by atoms with van der Waals surface area (Å²) in [5, 5.41) is 17.1. The highest BCUT2D eigenvalue weighted by molar-refractivity contribution is 4.53. The molecule has 11 heavy (non-hydrogen) atoms. The lowest BCUT2D eigenvalue weighted by atomic mass is 10.4. The largest absolute Gasteiger partial charge is 0.388 e. The van der Waals surface area contributed by atoms with E-state index in [1.807, 2.05) is 0 Å². The summed E-state index contributed by atoms with van der Waals surface area (Å²) < 4.78 is 27.6. The quantitative estimate of drug-likeness (QED) is 0.573. The number of hydrogen-bond donors (Lipinski definition) is 2. The molecule has 0 aromatic rings. The number of ether oxygens (including phenoxy) is 1. The monoisotopic (exact) mass is 170 g/mol. The predicted molar refractivity (Wildman–Crippen MR) is 34.8 cm³/mol. The number of aliphatic hydroxyl groups is 2. The Labute approximate surface area is 63.6 Å². The first kappa shape index (κ1) is 10.7. The molecule has 2 unspecified atom stereocenters. The maximum atomic E-state index is 11.5. The van der Waals surface area contributed by atoms with Gasteiger partial charge in [-0.3, -0.25) is 0 Å². The molecule has 0 aromatic heterocycles. The summed E-state index contributed by atoms with van der Waals surface area (Å²) in [5.74, 6) is 0. The second-order valence-electron chi connectivity index (χ2n) is 2.15. The van der Waals surface area contributed by atoms with E-state index in [0.29, 0.717) is 0 Å². The number of halogens is 2. The zero-order valence-electron chi connectivity index (χ0n) is 6.04. The summed E-state index contributed by atoms with van der Waals surface area (Å²) in [6, 6.07) is 0. The van der Waals surface area contributed by atoms with Crippen molar-refractivity contribution in [3.8, 4) is 0 Å². The van der Waals surface area contributed by atoms with Gasteiger partial charge in [0.2, 0.25) is 0 Å². The third-order valence-corrected chi connectivity index (χ3v) is 0.977. The van der Waals surface area contributed by atoms with E-state index in [1.165, 1.54) is 0 Å². The van der Waals surface area contributed by atoms with Gasteiger partial charge in [0.1, 0.15) is 25.6 Å². The molecule has 0 saturated heterocycles. The molecular weight excluding hydrogens is 158 g/mol. The van der Waals surface area contributed by atoms with Crippen molar-refractivity contribution in [2.24, 2.45) is 0 Å². The Morgan fingerprint density at radius 1 is 1.00 bits per heavy atom. The average molecular weight is 170 g/mol. The molecular formula is C6H12F2O3. The molecule has 2 atom stereocenters. The van der Waals surface area contributed by atoms with Gasteiger partial charge in [-0.1, -0.05) is 0 Å². The molecule has 2 N–H and O–H groups in total. The van der Waals surface area contributed by atoms with Crippen LogP contribution in [0.1, 0.15) is 0 Å². The van der Waals surface area contributed by atoms with E-state index in [9.17, 15) is 8.78 Å². The van der Waals surface area contributed by atoms with E-state index in [0.717, 1.165) is 0 Å². The lowest BCUT2D eigenvalue weighted by molar-refractivity contribution is -0.0197. The Hall–Kier alpha value is -0.260. The van der Waals surface area contributed by atoms with Crippen molar-refractivity contribution in [3.63, 3.8) is 0 Å². The van der Waals surface area contributed by atoms with E-state index < -0.39 is 25.6 Å². The van der Waals surface area contributed by atoms with Crippen LogP contribution in [0.3, 0.4) is 0 Å². The number of hydrogen-bond acceptors (Lipinski definition) is 3. The fraction of sp³-hybridized carbons (Fsp3) is 1.00. The lowest BCUT2D eigenvalue weighted by Crippen LogP contribution is -2.23. The fourth-order valence-electron chi connectivity index (χ4n) is 0.429. The van der Waals surface area contributed by atoms with Crippen molar-refractivity contribution in [3.05, 3.63) is 0 Å². The van der Waals surface area contributed by atoms with Crippen LogP contribution in [0, 0.1) is 0 Å². The first-order valence-electron chi connectivity index (χ1n) is 3.26. The minimum atomic E-state index is -1.18. The van der Waals surface area contributed by atoms with Crippen molar-refractivity contribution >= 4 is 0 Å². The molecule has 0 heterocycles. The summed E-state index contributed by atoms with van der Waals surface area (Å²) in [4.78, 5) is 0. The first-order chi connectivity index (χ1) is 5.20. The average Bonchev–Trinajstić information content (AvgIpc) is 2.04. The van der Waals surface area contributed by atoms with E-state index in [-0.39, 0.29) is 13.2 Å². The van der Waals surface area contributed by atoms with Crippen LogP contribution >= 0.6 is 0 Å². The van der Waals surface area contributed by atoms with Crippen LogP contribution in [-0.4, -0.2) is 49.0 Å². The van der Waals surface area contributed by atoms with Crippen molar-refractivity contribution in [2.45, 2.75) is 12.2 Å². The fourth-order valence-corrected chi connectivity index (χ4v) is 0.429. The SMILES string of the molecule is OC(CF)COCC(O)CF. The Kier molecular flexibility index (Phi) is 6.30. The first-order valence-corrected chi connectivity index (χ1v) is 3.26. The molecule has 0 fully saturated rings. The van der Waals surface area contributed by atoms with E-state index >= 15 is 0 Å². The molecule has 0 amide bonds. The van der Waals surface area contributed by atoms with Crippen molar-refractivity contribution in [1.29, 1.82) is 0 Å². The van der Waals surface area contributed by atoms with Gasteiger partial charge in [0, 0.05) is 0 Å². The molecule has 0 bridgehead atoms. The second-order valence-corrected chi connectivity index (χ2v) is 2.15. The van der Waals surface area contributed by atoms with E-state index in [4.69, 9.17) is 10.2 Å². The van der Waals surface area contributed by atoms with Crippen LogP contribution < -0.4 is 0 Å². The summed E-state index contributed by atoms with van der Waals surface area (Å²) in [6.45, 7) is -2.22. The van der Waals surface area contributed by atoms with Gasteiger partial charge in [0.25, 0.3) is 0 Å². The Morgan fingerprint density at radius 2 is 1.36 bits per heavy atom. The number of aliphatic hydroxyl groups excluding tert-OH is 2. The van der Waals surface area contributed by atoms with Crippen molar-refractivity contribution in [1.82, 2.24) is 0 Å². The summed E-state index contributed by atoms with van der Waals surface area (Å²) in [5.41, 5.74) is 0. The third-order valence-electron chi connectivity index (χ3n) is 0.977. The highest BCUT2D eigenvalue weighted by Gasteiger charge is 2.06. The molecule has 0 saturated carbocycles. The van der Waals surface area contributed by atoms with Crippen molar-refractivity contribution in [2.75, 3.05) is 26.6 Å². The van der Waals surface area contributed by atoms with E-state index in [1.54, 1.807) is 0 Å². The minimum Gasteiger partial charge on any atom is -0.388 e. The molecule has 0 aliphatic rings. The maximum Gasteiger partial charge on any atom is 0.118 e. The van der Waals surface area contributed by atoms with Crippen LogP contribution in [0.15, 0.2) is 0 Å². The molecule has 0 radical (unpaired) electrons. The van der Waals surface area contributed by atoms with Gasteiger partial charge in [0.15, 0.2) is 0 Å². The lowest BCUT2D eigenvalue weighted by Gasteiger charge is -2.09. The number of alkyl halides is 2. The molecule has 68 valence electrons. The molecule has 0 aliphatic carbocycles. The summed E-state index contributed by atoms with van der Waals surface area (Å²) in [6.07, 6.45) is -2.36. The van der Waals surface area contributed by atoms with Gasteiger partial charge in [-0.2, -0.15) is 0 Å². The zero-order valence-corrected chi connectivity index (χ0v) is 6.04. The Balaban J connectivity index is 3.13. The topological polar surface area (TPSA) is 49.7 Å². The second kappa shape index (κ2) is 6.45. The van der Waals surface area contributed by atoms with Gasteiger partial charge in [-0.05, 0) is 0 Å². The van der Waals surface area contributed by atoms with E-state index in [2.05, 4.69) is 4.74 Å². The minimum absolute atomic E-state index is 0.215. The van der Waals surface area contributed by atoms with Crippen LogP contribution in [0.25, 0.3) is 0 Å². The molecule has 0 rings (SSSR count). The normalized spacial score (nSPS) is 16.4. The van der Waals surface area contributed by atoms with Crippen LogP contribution in [-0.2, 0) is 4.74 Å². The smallest absolute Gasteiger partial charge is 0.118 e. The van der Waals surface area contributed by atoms with Crippen molar-refractivity contribution < 1.29 is 23.7 Å². The third kappa shape index (κ3) is 6.15. The molecule has 5 heteroatoms. The zero-order chi connectivity index (χ0) is 8.69. The van der Waals surface area contributed by atoms with Gasteiger partial charge >= 0.3 is 0 Å². The van der Waals surface area contributed by atoms with Crippen LogP contribution in [0.4, 0.5) is 8.78 Å². The molecule has 3 nitrogen and oxygen atoms in total. The summed E-state index contributed by atoms with van der Waals surface area (Å²) >= 11 is 0. The highest BCUT2D eigenvalue weighted by atomic mass is 19.1. The van der Waals surface area contributed by atoms with Gasteiger partial charge < -0.3 is 14.9 Å². The van der Waals surface area contributed by atoms with Crippen LogP contribution in [0.2, 0.25) is 0 Å². The van der Waals surface area contributed by atoms with Gasteiger partial charge in [-0.25, -0.2) is 8.78 Å². The molecule has 0 spiro atoms. The van der Waals surface area contributed by atoms with Crippen LogP contribution in [0.5, 0.6) is 0 Å². The molecule has 0 aliphatic heterocycles. The van der Waals surface area contributed by atoms with Gasteiger partial charge in [0.05, 0.1) is 13.2 Å². The Bertz CT molecular complexity index is 81.9. The predicted octanol–water partition coefficient (Wildman–Crippen LogP) is -0.336. The molecule has 0 aromatic carbocycles. The number of rotatable bonds is 6. The van der Waals surface area contributed by atoms with Gasteiger partial charge in [-0.15, -0.1) is 0 Å². The highest BCUT2D eigenvalue weighted by Crippen LogP contribution is 1.90. The standard InChI is InChI=1S/C6H12F2O3/c7-1-5(9)3-11-4-6(10)2-8/h5-6,9-10H,1-4H2. The summed E-state index contributed by atoms with van der Waals surface area (Å²) in [7, 11) is 0. The maximum absolute atomic E-state index is 11.5. The Morgan fingerprint density at radius 3 is 1.64 bits per heavy atom.